The van der Waals surface area contributed by atoms with Crippen LogP contribution in [-0.2, 0) is 20.9 Å². The van der Waals surface area contributed by atoms with Gasteiger partial charge >= 0.3 is 0 Å². The number of nitrogens with one attached hydrogen (secondary N) is 1. The number of benzene rings is 1. The molecule has 17 heavy (non-hydrogen) atoms. The average molecular weight is 234 g/mol. The van der Waals surface area contributed by atoms with Crippen molar-refractivity contribution in [2.45, 2.75) is 12.7 Å². The lowest BCUT2D eigenvalue weighted by Crippen LogP contribution is -2.55. The van der Waals surface area contributed by atoms with Gasteiger partial charge in [-0.3, -0.25) is 9.59 Å². The van der Waals surface area contributed by atoms with Crippen molar-refractivity contribution in [2.24, 2.45) is 0 Å². The second-order valence-corrected chi connectivity index (χ2v) is 3.82. The molecule has 1 aliphatic rings. The van der Waals surface area contributed by atoms with Crippen molar-refractivity contribution in [3.63, 3.8) is 0 Å². The summed E-state index contributed by atoms with van der Waals surface area (Å²) in [5.41, 5.74) is 1.03. The van der Waals surface area contributed by atoms with E-state index in [0.717, 1.165) is 5.56 Å². The Morgan fingerprint density at radius 3 is 2.88 bits per heavy atom. The van der Waals surface area contributed by atoms with Gasteiger partial charge in [0.25, 0.3) is 5.91 Å². The number of hydrogen-bond donors (Lipinski definition) is 1. The summed E-state index contributed by atoms with van der Waals surface area (Å²) in [5.74, 6) is -0.112. The molecule has 0 aliphatic carbocycles. The highest BCUT2D eigenvalue weighted by Gasteiger charge is 2.28. The number of carbonyl (C=O) groups is 2. The molecule has 1 aliphatic heterocycles. The SMILES string of the molecule is O=CN[C@@H]1COCC(=O)N1Cc1ccccc1. The van der Waals surface area contributed by atoms with Crippen LogP contribution in [-0.4, -0.2) is 36.6 Å². The lowest BCUT2D eigenvalue weighted by atomic mass is 10.2. The zero-order chi connectivity index (χ0) is 12.1. The predicted octanol–water partition coefficient (Wildman–Crippen LogP) is 0.117. The number of morpholine rings is 1. The van der Waals surface area contributed by atoms with E-state index in [4.69, 9.17) is 4.74 Å². The van der Waals surface area contributed by atoms with Gasteiger partial charge in [0.05, 0.1) is 6.61 Å². The standard InChI is InChI=1S/C12H14N2O3/c15-9-13-11-7-17-8-12(16)14(11)6-10-4-2-1-3-5-10/h1-5,9,11H,6-8H2,(H,13,15)/t11-/m0/s1. The maximum absolute atomic E-state index is 11.7. The van der Waals surface area contributed by atoms with Crippen LogP contribution < -0.4 is 5.32 Å². The fourth-order valence-electron chi connectivity index (χ4n) is 1.80. The highest BCUT2D eigenvalue weighted by atomic mass is 16.5. The Hall–Kier alpha value is -1.88. The van der Waals surface area contributed by atoms with Crippen LogP contribution in [0.15, 0.2) is 30.3 Å². The fraction of sp³-hybridized carbons (Fsp3) is 0.333. The number of carbonyl (C=O) groups excluding carboxylic acids is 2. The molecule has 2 rings (SSSR count). The summed E-state index contributed by atoms with van der Waals surface area (Å²) in [6.07, 6.45) is 0.207. The molecule has 1 heterocycles. The molecule has 1 N–H and O–H groups in total. The number of ether oxygens (including phenoxy) is 1. The highest BCUT2D eigenvalue weighted by Crippen LogP contribution is 2.11. The van der Waals surface area contributed by atoms with Gasteiger partial charge in [0, 0.05) is 6.54 Å². The first-order chi connectivity index (χ1) is 8.31. The summed E-state index contributed by atoms with van der Waals surface area (Å²) < 4.78 is 5.10. The first kappa shape index (κ1) is 11.6. The van der Waals surface area contributed by atoms with E-state index < -0.39 is 0 Å². The lowest BCUT2D eigenvalue weighted by molar-refractivity contribution is -0.151. The topological polar surface area (TPSA) is 58.6 Å². The van der Waals surface area contributed by atoms with Crippen molar-refractivity contribution in [2.75, 3.05) is 13.2 Å². The normalized spacial score (nSPS) is 20.1. The van der Waals surface area contributed by atoms with E-state index in [9.17, 15) is 9.59 Å². The van der Waals surface area contributed by atoms with Crippen LogP contribution in [0, 0.1) is 0 Å². The average Bonchev–Trinajstić information content (AvgIpc) is 2.35. The molecule has 0 radical (unpaired) electrons. The molecule has 0 aromatic heterocycles. The van der Waals surface area contributed by atoms with E-state index in [1.807, 2.05) is 30.3 Å². The molecule has 0 bridgehead atoms. The summed E-state index contributed by atoms with van der Waals surface area (Å²) >= 11 is 0. The molecule has 0 unspecified atom stereocenters. The van der Waals surface area contributed by atoms with Crippen molar-refractivity contribution in [1.29, 1.82) is 0 Å². The van der Waals surface area contributed by atoms with Crippen molar-refractivity contribution in [3.05, 3.63) is 35.9 Å². The number of amides is 2. The molecule has 5 heteroatoms. The van der Waals surface area contributed by atoms with E-state index in [-0.39, 0.29) is 18.7 Å². The molecule has 1 saturated heterocycles. The van der Waals surface area contributed by atoms with Crippen molar-refractivity contribution in [3.8, 4) is 0 Å². The Kier molecular flexibility index (Phi) is 3.72. The molecule has 1 aromatic carbocycles. The monoisotopic (exact) mass is 234 g/mol. The third kappa shape index (κ3) is 2.82. The van der Waals surface area contributed by atoms with Gasteiger partial charge in [-0.2, -0.15) is 0 Å². The second-order valence-electron chi connectivity index (χ2n) is 3.82. The summed E-state index contributed by atoms with van der Waals surface area (Å²) in [5, 5.41) is 2.58. The van der Waals surface area contributed by atoms with Crippen LogP contribution in [0.5, 0.6) is 0 Å². The van der Waals surface area contributed by atoms with Crippen LogP contribution in [0.25, 0.3) is 0 Å². The molecule has 1 atom stereocenters. The summed E-state index contributed by atoms with van der Waals surface area (Å²) in [4.78, 5) is 23.8. The minimum Gasteiger partial charge on any atom is -0.368 e. The molecule has 0 spiro atoms. The van der Waals surface area contributed by atoms with Gasteiger partial charge in [-0.25, -0.2) is 0 Å². The van der Waals surface area contributed by atoms with E-state index >= 15 is 0 Å². The molecule has 2 amide bonds. The van der Waals surface area contributed by atoms with Crippen LogP contribution >= 0.6 is 0 Å². The molecule has 90 valence electrons. The fourth-order valence-corrected chi connectivity index (χ4v) is 1.80. The Morgan fingerprint density at radius 2 is 2.18 bits per heavy atom. The van der Waals surface area contributed by atoms with Gasteiger partial charge in [-0.1, -0.05) is 30.3 Å². The molecular formula is C12H14N2O3. The Labute approximate surface area is 99.4 Å². The van der Waals surface area contributed by atoms with Gasteiger partial charge in [0.1, 0.15) is 12.8 Å². The van der Waals surface area contributed by atoms with Gasteiger partial charge < -0.3 is 15.0 Å². The van der Waals surface area contributed by atoms with Crippen LogP contribution in [0.4, 0.5) is 0 Å². The molecule has 1 fully saturated rings. The van der Waals surface area contributed by atoms with Gasteiger partial charge in [-0.05, 0) is 5.56 Å². The first-order valence-electron chi connectivity index (χ1n) is 5.42. The number of hydrogen-bond acceptors (Lipinski definition) is 3. The van der Waals surface area contributed by atoms with E-state index in [2.05, 4.69) is 5.32 Å². The first-order valence-corrected chi connectivity index (χ1v) is 5.42. The number of rotatable bonds is 4. The molecule has 1 aromatic rings. The largest absolute Gasteiger partial charge is 0.368 e. The predicted molar refractivity (Wildman–Crippen MR) is 60.8 cm³/mol. The van der Waals surface area contributed by atoms with E-state index in [1.165, 1.54) is 0 Å². The number of nitrogens with zero attached hydrogens (tertiary/aromatic N) is 1. The highest BCUT2D eigenvalue weighted by molar-refractivity contribution is 5.78. The van der Waals surface area contributed by atoms with Gasteiger partial charge in [-0.15, -0.1) is 0 Å². The molecule has 5 nitrogen and oxygen atoms in total. The summed E-state index contributed by atoms with van der Waals surface area (Å²) in [7, 11) is 0. The molecular weight excluding hydrogens is 220 g/mol. The quantitative estimate of drug-likeness (QED) is 0.753. The Balaban J connectivity index is 2.09. The second kappa shape index (κ2) is 5.45. The maximum atomic E-state index is 11.7. The van der Waals surface area contributed by atoms with Crippen LogP contribution in [0.1, 0.15) is 5.56 Å². The van der Waals surface area contributed by atoms with Crippen molar-refractivity contribution < 1.29 is 14.3 Å². The minimum atomic E-state index is -0.381. The summed E-state index contributed by atoms with van der Waals surface area (Å²) in [6.45, 7) is 0.885. The van der Waals surface area contributed by atoms with Gasteiger partial charge in [0.15, 0.2) is 0 Å². The minimum absolute atomic E-state index is 0.0733. The Morgan fingerprint density at radius 1 is 1.41 bits per heavy atom. The van der Waals surface area contributed by atoms with E-state index in [1.54, 1.807) is 4.90 Å². The third-order valence-corrected chi connectivity index (χ3v) is 2.65. The maximum Gasteiger partial charge on any atom is 0.250 e. The summed E-state index contributed by atoms with van der Waals surface area (Å²) in [6, 6.07) is 9.65. The molecule has 0 saturated carbocycles. The zero-order valence-corrected chi connectivity index (χ0v) is 9.33. The smallest absolute Gasteiger partial charge is 0.250 e. The zero-order valence-electron chi connectivity index (χ0n) is 9.33. The van der Waals surface area contributed by atoms with Gasteiger partial charge in [0.2, 0.25) is 6.41 Å². The lowest BCUT2D eigenvalue weighted by Gasteiger charge is -2.34. The van der Waals surface area contributed by atoms with Crippen molar-refractivity contribution >= 4 is 12.3 Å². The third-order valence-electron chi connectivity index (χ3n) is 2.65. The van der Waals surface area contributed by atoms with Crippen molar-refractivity contribution in [1.82, 2.24) is 10.2 Å². The van der Waals surface area contributed by atoms with Crippen LogP contribution in [0.2, 0.25) is 0 Å². The Bertz CT molecular complexity index is 394. The van der Waals surface area contributed by atoms with Crippen LogP contribution in [0.3, 0.4) is 0 Å². The van der Waals surface area contributed by atoms with E-state index in [0.29, 0.717) is 19.6 Å².